The van der Waals surface area contributed by atoms with Gasteiger partial charge in [-0.2, -0.15) is 0 Å². The Balaban J connectivity index is 1.24. The number of carbonyl (C=O) groups is 1. The molecule has 2 bridgehead atoms. The number of ether oxygens (including phenoxy) is 3. The van der Waals surface area contributed by atoms with Crippen molar-refractivity contribution in [1.29, 1.82) is 0 Å². The summed E-state index contributed by atoms with van der Waals surface area (Å²) in [5.41, 5.74) is 7.36. The standard InChI is InChI=1S/C35H41NO4/c1-34(2,38-4)40-25-18-17-23-20-24-12-6-5-11-19-35(3,31(23)21-25)32(24)36-33(37)39-22-30-28-15-9-7-13-26(28)27-14-8-10-16-29(27)30/h7-10,13-18,21,24,30,32H,5-6,11-12,19-20,22H2,1-4H3,(H,36,37)/t24-,32-,35+/m0/s1. The van der Waals surface area contributed by atoms with Crippen molar-refractivity contribution < 1.29 is 19.0 Å². The van der Waals surface area contributed by atoms with Gasteiger partial charge < -0.3 is 19.5 Å². The highest BCUT2D eigenvalue weighted by Gasteiger charge is 2.47. The van der Waals surface area contributed by atoms with Crippen LogP contribution in [0, 0.1) is 5.92 Å². The number of methoxy groups -OCH3 is 1. The molecule has 1 amide bonds. The minimum Gasteiger partial charge on any atom is -0.463 e. The quantitative estimate of drug-likeness (QED) is 0.326. The number of carbonyl (C=O) groups excluding carboxylic acids is 1. The van der Waals surface area contributed by atoms with Crippen LogP contribution < -0.4 is 10.1 Å². The molecule has 5 heteroatoms. The summed E-state index contributed by atoms with van der Waals surface area (Å²) in [7, 11) is 1.66. The number of nitrogens with one attached hydrogen (secondary N) is 1. The number of benzene rings is 3. The van der Waals surface area contributed by atoms with E-state index in [9.17, 15) is 4.79 Å². The lowest BCUT2D eigenvalue weighted by Crippen LogP contribution is -2.57. The molecule has 0 heterocycles. The van der Waals surface area contributed by atoms with Crippen LogP contribution >= 0.6 is 0 Å². The molecule has 3 aromatic rings. The number of hydrogen-bond donors (Lipinski definition) is 1. The van der Waals surface area contributed by atoms with Crippen molar-refractivity contribution in [3.05, 3.63) is 89.0 Å². The molecule has 0 radical (unpaired) electrons. The monoisotopic (exact) mass is 539 g/mol. The summed E-state index contributed by atoms with van der Waals surface area (Å²) in [4.78, 5) is 13.5. The Labute approximate surface area is 238 Å². The van der Waals surface area contributed by atoms with Crippen LogP contribution in [0.5, 0.6) is 5.75 Å². The third-order valence-corrected chi connectivity index (χ3v) is 9.58. The highest BCUT2D eigenvalue weighted by Crippen LogP contribution is 2.48. The lowest BCUT2D eigenvalue weighted by molar-refractivity contribution is -0.134. The highest BCUT2D eigenvalue weighted by atomic mass is 16.7. The summed E-state index contributed by atoms with van der Waals surface area (Å²) in [6, 6.07) is 23.4. The number of rotatable bonds is 6. The first kappa shape index (κ1) is 26.9. The maximum Gasteiger partial charge on any atom is 0.407 e. The molecule has 0 saturated heterocycles. The minimum absolute atomic E-state index is 0.00151. The predicted molar refractivity (Wildman–Crippen MR) is 158 cm³/mol. The molecule has 1 saturated carbocycles. The van der Waals surface area contributed by atoms with Gasteiger partial charge in [-0.1, -0.05) is 80.8 Å². The topological polar surface area (TPSA) is 56.8 Å². The molecular weight excluding hydrogens is 498 g/mol. The van der Waals surface area contributed by atoms with E-state index in [1.807, 2.05) is 13.8 Å². The van der Waals surface area contributed by atoms with Crippen molar-refractivity contribution in [3.63, 3.8) is 0 Å². The van der Waals surface area contributed by atoms with Crippen molar-refractivity contribution in [2.45, 2.75) is 82.5 Å². The fourth-order valence-electron chi connectivity index (χ4n) is 7.42. The predicted octanol–water partition coefficient (Wildman–Crippen LogP) is 7.75. The lowest BCUT2D eigenvalue weighted by atomic mass is 9.59. The number of amides is 1. The lowest BCUT2D eigenvalue weighted by Gasteiger charge is -2.49. The first-order valence-electron chi connectivity index (χ1n) is 14.8. The van der Waals surface area contributed by atoms with Gasteiger partial charge in [0.15, 0.2) is 0 Å². The molecule has 6 rings (SSSR count). The molecule has 3 aliphatic carbocycles. The largest absolute Gasteiger partial charge is 0.463 e. The van der Waals surface area contributed by atoms with Gasteiger partial charge in [0, 0.05) is 38.3 Å². The van der Waals surface area contributed by atoms with Crippen molar-refractivity contribution in [3.8, 4) is 16.9 Å². The maximum absolute atomic E-state index is 13.5. The van der Waals surface area contributed by atoms with E-state index < -0.39 is 5.79 Å². The van der Waals surface area contributed by atoms with Gasteiger partial charge in [-0.25, -0.2) is 4.79 Å². The summed E-state index contributed by atoms with van der Waals surface area (Å²) in [6.07, 6.45) is 6.32. The van der Waals surface area contributed by atoms with Gasteiger partial charge in [-0.3, -0.25) is 0 Å². The maximum atomic E-state index is 13.5. The summed E-state index contributed by atoms with van der Waals surface area (Å²) in [5, 5.41) is 3.39. The molecular formula is C35H41NO4. The Morgan fingerprint density at radius 3 is 2.38 bits per heavy atom. The second-order valence-corrected chi connectivity index (χ2v) is 12.5. The average molecular weight is 540 g/mol. The Bertz CT molecular complexity index is 1350. The molecule has 0 aliphatic heterocycles. The highest BCUT2D eigenvalue weighted by molar-refractivity contribution is 5.79. The molecule has 0 unspecified atom stereocenters. The summed E-state index contributed by atoms with van der Waals surface area (Å²) >= 11 is 0. The zero-order valence-electron chi connectivity index (χ0n) is 24.2. The van der Waals surface area contributed by atoms with Crippen LogP contribution in [0.4, 0.5) is 4.79 Å². The number of alkyl carbamates (subject to hydrolysis) is 1. The van der Waals surface area contributed by atoms with Crippen LogP contribution in [0.2, 0.25) is 0 Å². The van der Waals surface area contributed by atoms with Crippen molar-refractivity contribution in [2.24, 2.45) is 5.92 Å². The van der Waals surface area contributed by atoms with Crippen molar-refractivity contribution >= 4 is 6.09 Å². The fourth-order valence-corrected chi connectivity index (χ4v) is 7.42. The van der Waals surface area contributed by atoms with E-state index in [1.54, 1.807) is 7.11 Å². The first-order valence-corrected chi connectivity index (χ1v) is 14.8. The smallest absolute Gasteiger partial charge is 0.407 e. The van der Waals surface area contributed by atoms with E-state index in [4.69, 9.17) is 14.2 Å². The molecule has 0 spiro atoms. The van der Waals surface area contributed by atoms with E-state index in [1.165, 1.54) is 46.2 Å². The Kier molecular flexibility index (Phi) is 7.12. The molecule has 0 aromatic heterocycles. The molecule has 210 valence electrons. The van der Waals surface area contributed by atoms with Gasteiger partial charge in [-0.05, 0) is 70.7 Å². The number of fused-ring (bicyclic) bond motifs is 7. The van der Waals surface area contributed by atoms with Gasteiger partial charge in [-0.15, -0.1) is 0 Å². The number of hydrogen-bond acceptors (Lipinski definition) is 4. The third-order valence-electron chi connectivity index (χ3n) is 9.58. The van der Waals surface area contributed by atoms with E-state index >= 15 is 0 Å². The van der Waals surface area contributed by atoms with Crippen molar-refractivity contribution in [1.82, 2.24) is 5.32 Å². The zero-order valence-corrected chi connectivity index (χ0v) is 24.2. The van der Waals surface area contributed by atoms with Crippen LogP contribution in [0.15, 0.2) is 66.7 Å². The Morgan fingerprint density at radius 2 is 1.68 bits per heavy atom. The van der Waals surface area contributed by atoms with Gasteiger partial charge in [0.25, 0.3) is 0 Å². The fraction of sp³-hybridized carbons (Fsp3) is 0.457. The Morgan fingerprint density at radius 1 is 0.975 bits per heavy atom. The van der Waals surface area contributed by atoms with Gasteiger partial charge in [0.2, 0.25) is 5.79 Å². The van der Waals surface area contributed by atoms with Gasteiger partial charge in [0.05, 0.1) is 0 Å². The summed E-state index contributed by atoms with van der Waals surface area (Å²) in [6.45, 7) is 6.49. The second kappa shape index (κ2) is 10.6. The zero-order chi connectivity index (χ0) is 27.9. The summed E-state index contributed by atoms with van der Waals surface area (Å²) < 4.78 is 17.7. The molecule has 3 atom stereocenters. The van der Waals surface area contributed by atoms with E-state index in [0.717, 1.165) is 31.4 Å². The minimum atomic E-state index is -0.716. The normalized spacial score (nSPS) is 23.7. The molecule has 1 N–H and O–H groups in total. The van der Waals surface area contributed by atoms with E-state index in [2.05, 4.69) is 79.0 Å². The molecule has 3 aliphatic rings. The third kappa shape index (κ3) is 4.89. The van der Waals surface area contributed by atoms with Crippen LogP contribution in [0.3, 0.4) is 0 Å². The Hall–Kier alpha value is -3.31. The average Bonchev–Trinajstić information content (AvgIpc) is 3.27. The molecule has 1 fully saturated rings. The molecule has 5 nitrogen and oxygen atoms in total. The first-order chi connectivity index (χ1) is 19.3. The van der Waals surface area contributed by atoms with Gasteiger partial charge in [0.1, 0.15) is 12.4 Å². The van der Waals surface area contributed by atoms with E-state index in [-0.39, 0.29) is 23.5 Å². The van der Waals surface area contributed by atoms with Crippen LogP contribution in [0.25, 0.3) is 11.1 Å². The van der Waals surface area contributed by atoms with Crippen LogP contribution in [-0.2, 0) is 21.3 Å². The molecule has 40 heavy (non-hydrogen) atoms. The molecule has 3 aromatic carbocycles. The van der Waals surface area contributed by atoms with Crippen LogP contribution in [0.1, 0.15) is 81.0 Å². The second-order valence-electron chi connectivity index (χ2n) is 12.5. The SMILES string of the molecule is COC(C)(C)Oc1ccc2c(c1)[C@@]1(C)CCCCC[C@@H](C2)[C@@H]1NC(=O)OCC1c2ccccc2-c2ccccc21. The van der Waals surface area contributed by atoms with Crippen molar-refractivity contribution in [2.75, 3.05) is 13.7 Å². The summed E-state index contributed by atoms with van der Waals surface area (Å²) in [5.74, 6) is 0.509. The van der Waals surface area contributed by atoms with E-state index in [0.29, 0.717) is 12.5 Å². The van der Waals surface area contributed by atoms with Gasteiger partial charge >= 0.3 is 6.09 Å². The van der Waals surface area contributed by atoms with Crippen LogP contribution in [-0.4, -0.2) is 31.6 Å².